The van der Waals surface area contributed by atoms with Gasteiger partial charge in [0, 0.05) is 18.9 Å². The van der Waals surface area contributed by atoms with E-state index in [1.165, 1.54) is 5.56 Å². The van der Waals surface area contributed by atoms with Crippen LogP contribution in [-0.4, -0.2) is 21.6 Å². The van der Waals surface area contributed by atoms with Crippen LogP contribution in [0.25, 0.3) is 0 Å². The second-order valence-corrected chi connectivity index (χ2v) is 4.99. The molecule has 0 radical (unpaired) electrons. The largest absolute Gasteiger partial charge is 0.383 e. The minimum atomic E-state index is -0.813. The molecule has 4 heteroatoms. The third-order valence-electron chi connectivity index (χ3n) is 3.68. The van der Waals surface area contributed by atoms with E-state index < -0.39 is 5.60 Å². The molecule has 0 saturated carbocycles. The highest BCUT2D eigenvalue weighted by Gasteiger charge is 2.33. The maximum atomic E-state index is 10.9. The van der Waals surface area contributed by atoms with Gasteiger partial charge in [-0.15, -0.1) is 0 Å². The van der Waals surface area contributed by atoms with Gasteiger partial charge in [-0.3, -0.25) is 4.98 Å². The molecule has 0 spiro atoms. The molecule has 0 bridgehead atoms. The Bertz CT molecular complexity index is 558. The summed E-state index contributed by atoms with van der Waals surface area (Å²) in [5.74, 6) is 0.693. The van der Waals surface area contributed by atoms with Crippen molar-refractivity contribution in [3.63, 3.8) is 0 Å². The van der Waals surface area contributed by atoms with Crippen LogP contribution in [-0.2, 0) is 12.0 Å². The zero-order valence-electron chi connectivity index (χ0n) is 10.7. The summed E-state index contributed by atoms with van der Waals surface area (Å²) in [5.41, 5.74) is 1.47. The van der Waals surface area contributed by atoms with E-state index in [0.29, 0.717) is 12.4 Å². The van der Waals surface area contributed by atoms with Crippen LogP contribution in [0.2, 0.25) is 0 Å². The van der Waals surface area contributed by atoms with Crippen molar-refractivity contribution in [1.29, 1.82) is 0 Å². The fraction of sp³-hybridized carbons (Fsp3) is 0.333. The van der Waals surface area contributed by atoms with E-state index in [4.69, 9.17) is 0 Å². The summed E-state index contributed by atoms with van der Waals surface area (Å²) in [6.45, 7) is 0.461. The van der Waals surface area contributed by atoms with E-state index in [9.17, 15) is 5.11 Å². The van der Waals surface area contributed by atoms with Crippen LogP contribution in [0.4, 0.5) is 5.82 Å². The van der Waals surface area contributed by atoms with Crippen LogP contribution < -0.4 is 5.32 Å². The summed E-state index contributed by atoms with van der Waals surface area (Å²) in [6.07, 6.45) is 7.77. The molecule has 3 rings (SSSR count). The van der Waals surface area contributed by atoms with E-state index in [2.05, 4.69) is 21.4 Å². The summed E-state index contributed by atoms with van der Waals surface area (Å²) in [5, 5.41) is 14.0. The first-order chi connectivity index (χ1) is 9.28. The number of aromatic nitrogens is 2. The molecule has 1 aliphatic carbocycles. The van der Waals surface area contributed by atoms with Crippen molar-refractivity contribution in [3.05, 3.63) is 54.0 Å². The van der Waals surface area contributed by atoms with Crippen LogP contribution in [0.5, 0.6) is 0 Å². The lowest BCUT2D eigenvalue weighted by molar-refractivity contribution is 0.0322. The van der Waals surface area contributed by atoms with Crippen molar-refractivity contribution in [3.8, 4) is 0 Å². The smallest absolute Gasteiger partial charge is 0.144 e. The molecule has 0 fully saturated rings. The number of hydrogen-bond donors (Lipinski definition) is 2. The molecule has 0 amide bonds. The Labute approximate surface area is 112 Å². The first-order valence-electron chi connectivity index (χ1n) is 6.59. The molecule has 1 aromatic carbocycles. The highest BCUT2D eigenvalue weighted by Crippen LogP contribution is 2.35. The van der Waals surface area contributed by atoms with Gasteiger partial charge in [-0.1, -0.05) is 24.3 Å². The number of hydrogen-bond acceptors (Lipinski definition) is 4. The Morgan fingerprint density at radius 3 is 3.00 bits per heavy atom. The number of fused-ring (bicyclic) bond motifs is 1. The van der Waals surface area contributed by atoms with Gasteiger partial charge in [-0.25, -0.2) is 4.98 Å². The van der Waals surface area contributed by atoms with E-state index in [-0.39, 0.29) is 0 Å². The molecule has 1 aliphatic rings. The number of nitrogens with one attached hydrogen (secondary N) is 1. The minimum Gasteiger partial charge on any atom is -0.383 e. The molecule has 19 heavy (non-hydrogen) atoms. The van der Waals surface area contributed by atoms with E-state index in [1.807, 2.05) is 18.2 Å². The molecule has 0 aliphatic heterocycles. The zero-order valence-corrected chi connectivity index (χ0v) is 10.7. The Balaban J connectivity index is 1.81. The highest BCUT2D eigenvalue weighted by atomic mass is 16.3. The van der Waals surface area contributed by atoms with Gasteiger partial charge in [-0.05, 0) is 30.4 Å². The van der Waals surface area contributed by atoms with Crippen molar-refractivity contribution < 1.29 is 5.11 Å². The van der Waals surface area contributed by atoms with Crippen molar-refractivity contribution in [2.45, 2.75) is 24.9 Å². The molecule has 2 N–H and O–H groups in total. The average molecular weight is 255 g/mol. The van der Waals surface area contributed by atoms with Crippen LogP contribution >= 0.6 is 0 Å². The molecule has 1 unspecified atom stereocenters. The van der Waals surface area contributed by atoms with Gasteiger partial charge in [0.1, 0.15) is 11.4 Å². The molecule has 98 valence electrons. The Morgan fingerprint density at radius 1 is 1.26 bits per heavy atom. The van der Waals surface area contributed by atoms with Gasteiger partial charge in [-0.2, -0.15) is 0 Å². The molecule has 2 aromatic rings. The number of aliphatic hydroxyl groups is 1. The lowest BCUT2D eigenvalue weighted by atomic mass is 9.79. The Hall–Kier alpha value is -1.94. The van der Waals surface area contributed by atoms with Crippen LogP contribution in [0.15, 0.2) is 42.9 Å². The van der Waals surface area contributed by atoms with Crippen LogP contribution in [0.1, 0.15) is 24.0 Å². The van der Waals surface area contributed by atoms with Gasteiger partial charge in [0.15, 0.2) is 0 Å². The fourth-order valence-electron chi connectivity index (χ4n) is 2.71. The van der Waals surface area contributed by atoms with E-state index in [1.54, 1.807) is 18.6 Å². The molecule has 1 heterocycles. The molecular formula is C15H17N3O. The summed E-state index contributed by atoms with van der Waals surface area (Å²) >= 11 is 0. The number of aryl methyl sites for hydroxylation is 1. The number of anilines is 1. The number of nitrogens with zero attached hydrogens (tertiary/aromatic N) is 2. The quantitative estimate of drug-likeness (QED) is 0.882. The first kappa shape index (κ1) is 12.1. The standard InChI is InChI=1S/C15H17N3O/c19-15(11-18-14-10-16-8-9-17-14)7-3-5-12-4-1-2-6-13(12)15/h1-2,4,6,8-10,19H,3,5,7,11H2,(H,17,18). The number of benzene rings is 1. The van der Waals surface area contributed by atoms with Gasteiger partial charge in [0.25, 0.3) is 0 Å². The third-order valence-corrected chi connectivity index (χ3v) is 3.68. The second kappa shape index (κ2) is 4.97. The summed E-state index contributed by atoms with van der Waals surface area (Å²) in [4.78, 5) is 8.17. The molecule has 1 aromatic heterocycles. The fourth-order valence-corrected chi connectivity index (χ4v) is 2.71. The van der Waals surface area contributed by atoms with Crippen LogP contribution in [0.3, 0.4) is 0 Å². The minimum absolute atomic E-state index is 0.461. The lowest BCUT2D eigenvalue weighted by Crippen LogP contribution is -2.37. The molecule has 0 saturated heterocycles. The van der Waals surface area contributed by atoms with Crippen molar-refractivity contribution >= 4 is 5.82 Å². The van der Waals surface area contributed by atoms with Crippen molar-refractivity contribution in [1.82, 2.24) is 9.97 Å². The number of rotatable bonds is 3. The second-order valence-electron chi connectivity index (χ2n) is 4.99. The molecule has 1 atom stereocenters. The Morgan fingerprint density at radius 2 is 2.16 bits per heavy atom. The van der Waals surface area contributed by atoms with E-state index in [0.717, 1.165) is 24.8 Å². The van der Waals surface area contributed by atoms with Crippen molar-refractivity contribution in [2.75, 3.05) is 11.9 Å². The topological polar surface area (TPSA) is 58.0 Å². The monoisotopic (exact) mass is 255 g/mol. The Kier molecular flexibility index (Phi) is 3.17. The van der Waals surface area contributed by atoms with E-state index >= 15 is 0 Å². The predicted octanol–water partition coefficient (Wildman–Crippen LogP) is 2.11. The summed E-state index contributed by atoms with van der Waals surface area (Å²) in [6, 6.07) is 8.13. The third kappa shape index (κ3) is 2.44. The molecule has 4 nitrogen and oxygen atoms in total. The van der Waals surface area contributed by atoms with Gasteiger partial charge < -0.3 is 10.4 Å². The normalized spacial score (nSPS) is 21.7. The maximum absolute atomic E-state index is 10.9. The first-order valence-corrected chi connectivity index (χ1v) is 6.59. The lowest BCUT2D eigenvalue weighted by Gasteiger charge is -2.34. The SMILES string of the molecule is OC1(CNc2cnccn2)CCCc2ccccc21. The van der Waals surface area contributed by atoms with Gasteiger partial charge >= 0.3 is 0 Å². The summed E-state index contributed by atoms with van der Waals surface area (Å²) < 4.78 is 0. The predicted molar refractivity (Wildman–Crippen MR) is 73.8 cm³/mol. The van der Waals surface area contributed by atoms with Gasteiger partial charge in [0.05, 0.1) is 6.20 Å². The zero-order chi connectivity index (χ0) is 13.1. The van der Waals surface area contributed by atoms with Crippen LogP contribution in [0, 0.1) is 0 Å². The van der Waals surface area contributed by atoms with Gasteiger partial charge in [0.2, 0.25) is 0 Å². The van der Waals surface area contributed by atoms with Crippen molar-refractivity contribution in [2.24, 2.45) is 0 Å². The highest BCUT2D eigenvalue weighted by molar-refractivity contribution is 5.38. The molecular weight excluding hydrogens is 238 g/mol. The average Bonchev–Trinajstić information content (AvgIpc) is 2.47. The summed E-state index contributed by atoms with van der Waals surface area (Å²) in [7, 11) is 0. The maximum Gasteiger partial charge on any atom is 0.144 e.